The van der Waals surface area contributed by atoms with Crippen LogP contribution >= 0.6 is 0 Å². The number of nitrogens with zero attached hydrogens (tertiary/aromatic N) is 1. The Hall–Kier alpha value is -1.06. The van der Waals surface area contributed by atoms with Crippen molar-refractivity contribution < 1.29 is 14.7 Å². The molecule has 1 N–H and O–H groups in total. The van der Waals surface area contributed by atoms with Crippen molar-refractivity contribution in [3.05, 3.63) is 0 Å². The second-order valence-corrected chi connectivity index (χ2v) is 3.86. The standard InChI is InChI=1S/C10H17NO3/c1-3-8(12)11-6-5-10(4-2,7-11)9(13)14/h3-7H2,1-2H3,(H,13,14). The fourth-order valence-corrected chi connectivity index (χ4v) is 1.92. The molecule has 80 valence electrons. The van der Waals surface area contributed by atoms with Crippen LogP contribution in [0.3, 0.4) is 0 Å². The van der Waals surface area contributed by atoms with Gasteiger partial charge in [-0.05, 0) is 12.8 Å². The number of carbonyl (C=O) groups is 2. The molecule has 0 aromatic heterocycles. The number of amides is 1. The quantitative estimate of drug-likeness (QED) is 0.740. The van der Waals surface area contributed by atoms with Crippen LogP contribution in [0, 0.1) is 5.41 Å². The van der Waals surface area contributed by atoms with Gasteiger partial charge in [0.15, 0.2) is 0 Å². The Morgan fingerprint density at radius 1 is 1.43 bits per heavy atom. The number of carboxylic acid groups (broad SMARTS) is 1. The first-order valence-corrected chi connectivity index (χ1v) is 5.07. The summed E-state index contributed by atoms with van der Waals surface area (Å²) in [7, 11) is 0. The van der Waals surface area contributed by atoms with Crippen molar-refractivity contribution in [1.29, 1.82) is 0 Å². The molecule has 0 bridgehead atoms. The van der Waals surface area contributed by atoms with E-state index < -0.39 is 11.4 Å². The molecule has 1 unspecified atom stereocenters. The Balaban J connectivity index is 2.71. The summed E-state index contributed by atoms with van der Waals surface area (Å²) in [5.41, 5.74) is -0.690. The Kier molecular flexibility index (Phi) is 3.13. The van der Waals surface area contributed by atoms with Gasteiger partial charge >= 0.3 is 5.97 Å². The summed E-state index contributed by atoms with van der Waals surface area (Å²) in [5, 5.41) is 9.10. The maximum atomic E-state index is 11.4. The highest BCUT2D eigenvalue weighted by Gasteiger charge is 2.44. The number of rotatable bonds is 3. The highest BCUT2D eigenvalue weighted by Crippen LogP contribution is 2.34. The van der Waals surface area contributed by atoms with E-state index in [1.165, 1.54) is 0 Å². The molecule has 4 heteroatoms. The first-order valence-electron chi connectivity index (χ1n) is 5.07. The summed E-state index contributed by atoms with van der Waals surface area (Å²) in [5.74, 6) is -0.715. The highest BCUT2D eigenvalue weighted by molar-refractivity contribution is 5.80. The molecule has 1 amide bonds. The predicted octanol–water partition coefficient (Wildman–Crippen LogP) is 1.11. The third-order valence-corrected chi connectivity index (χ3v) is 3.14. The van der Waals surface area contributed by atoms with Crippen LogP contribution in [0.4, 0.5) is 0 Å². The van der Waals surface area contributed by atoms with Crippen molar-refractivity contribution in [1.82, 2.24) is 4.90 Å². The molecular weight excluding hydrogens is 182 g/mol. The molecule has 1 aliphatic heterocycles. The summed E-state index contributed by atoms with van der Waals surface area (Å²) in [6.07, 6.45) is 1.64. The highest BCUT2D eigenvalue weighted by atomic mass is 16.4. The van der Waals surface area contributed by atoms with Crippen molar-refractivity contribution in [2.45, 2.75) is 33.1 Å². The summed E-state index contributed by atoms with van der Waals surface area (Å²) in [6.45, 7) is 4.64. The molecule has 0 aliphatic carbocycles. The number of aliphatic carboxylic acids is 1. The van der Waals surface area contributed by atoms with Crippen LogP contribution in [-0.4, -0.2) is 35.0 Å². The Morgan fingerprint density at radius 2 is 2.07 bits per heavy atom. The Bertz CT molecular complexity index is 252. The van der Waals surface area contributed by atoms with E-state index in [9.17, 15) is 9.59 Å². The van der Waals surface area contributed by atoms with Gasteiger partial charge in [0.25, 0.3) is 0 Å². The van der Waals surface area contributed by atoms with Crippen molar-refractivity contribution in [3.8, 4) is 0 Å². The van der Waals surface area contributed by atoms with Crippen LogP contribution in [0.5, 0.6) is 0 Å². The first kappa shape index (κ1) is 11.0. The van der Waals surface area contributed by atoms with E-state index in [4.69, 9.17) is 5.11 Å². The van der Waals surface area contributed by atoms with E-state index in [-0.39, 0.29) is 5.91 Å². The second-order valence-electron chi connectivity index (χ2n) is 3.86. The largest absolute Gasteiger partial charge is 0.481 e. The smallest absolute Gasteiger partial charge is 0.311 e. The minimum absolute atomic E-state index is 0.0570. The molecule has 14 heavy (non-hydrogen) atoms. The van der Waals surface area contributed by atoms with E-state index >= 15 is 0 Å². The number of hydrogen-bond donors (Lipinski definition) is 1. The normalized spacial score (nSPS) is 26.6. The SMILES string of the molecule is CCC(=O)N1CCC(CC)(C(=O)O)C1. The average Bonchev–Trinajstić information content (AvgIpc) is 2.62. The number of hydrogen-bond acceptors (Lipinski definition) is 2. The molecule has 0 saturated carbocycles. The van der Waals surface area contributed by atoms with Gasteiger partial charge in [0.1, 0.15) is 0 Å². The lowest BCUT2D eigenvalue weighted by Crippen LogP contribution is -2.36. The number of carboxylic acids is 1. The van der Waals surface area contributed by atoms with E-state index in [1.54, 1.807) is 11.8 Å². The van der Waals surface area contributed by atoms with Gasteiger partial charge in [-0.15, -0.1) is 0 Å². The lowest BCUT2D eigenvalue weighted by Gasteiger charge is -2.22. The molecule has 1 atom stereocenters. The van der Waals surface area contributed by atoms with E-state index in [2.05, 4.69) is 0 Å². The fourth-order valence-electron chi connectivity index (χ4n) is 1.92. The molecule has 4 nitrogen and oxygen atoms in total. The second kappa shape index (κ2) is 3.98. The first-order chi connectivity index (χ1) is 6.55. The molecule has 0 spiro atoms. The number of likely N-dealkylation sites (tertiary alicyclic amines) is 1. The van der Waals surface area contributed by atoms with Crippen LogP contribution in [0.15, 0.2) is 0 Å². The molecule has 0 aromatic carbocycles. The molecule has 1 saturated heterocycles. The third kappa shape index (κ3) is 1.74. The lowest BCUT2D eigenvalue weighted by molar-refractivity contribution is -0.148. The van der Waals surface area contributed by atoms with Crippen molar-refractivity contribution in [2.75, 3.05) is 13.1 Å². The van der Waals surface area contributed by atoms with E-state index in [0.717, 1.165) is 0 Å². The van der Waals surface area contributed by atoms with Crippen LogP contribution in [-0.2, 0) is 9.59 Å². The van der Waals surface area contributed by atoms with Gasteiger partial charge in [-0.25, -0.2) is 0 Å². The van der Waals surface area contributed by atoms with Gasteiger partial charge in [0.05, 0.1) is 5.41 Å². The molecule has 1 heterocycles. The van der Waals surface area contributed by atoms with Crippen LogP contribution in [0.2, 0.25) is 0 Å². The molecule has 0 aromatic rings. The van der Waals surface area contributed by atoms with Gasteiger partial charge < -0.3 is 10.0 Å². The molecule has 0 radical (unpaired) electrons. The van der Waals surface area contributed by atoms with Crippen LogP contribution in [0.1, 0.15) is 33.1 Å². The van der Waals surface area contributed by atoms with E-state index in [1.807, 2.05) is 6.92 Å². The van der Waals surface area contributed by atoms with Crippen LogP contribution < -0.4 is 0 Å². The Labute approximate surface area is 83.9 Å². The number of carbonyl (C=O) groups excluding carboxylic acids is 1. The monoisotopic (exact) mass is 199 g/mol. The van der Waals surface area contributed by atoms with Gasteiger partial charge in [-0.1, -0.05) is 13.8 Å². The molecule has 1 rings (SSSR count). The minimum Gasteiger partial charge on any atom is -0.481 e. The maximum absolute atomic E-state index is 11.4. The van der Waals surface area contributed by atoms with Gasteiger partial charge in [0.2, 0.25) is 5.91 Å². The third-order valence-electron chi connectivity index (χ3n) is 3.14. The zero-order valence-corrected chi connectivity index (χ0v) is 8.75. The molecule has 1 fully saturated rings. The predicted molar refractivity (Wildman–Crippen MR) is 51.8 cm³/mol. The zero-order chi connectivity index (χ0) is 10.8. The summed E-state index contributed by atoms with van der Waals surface area (Å²) >= 11 is 0. The van der Waals surface area contributed by atoms with Crippen molar-refractivity contribution in [2.24, 2.45) is 5.41 Å². The van der Waals surface area contributed by atoms with Crippen LogP contribution in [0.25, 0.3) is 0 Å². The van der Waals surface area contributed by atoms with Gasteiger partial charge in [-0.2, -0.15) is 0 Å². The van der Waals surface area contributed by atoms with Gasteiger partial charge in [-0.3, -0.25) is 9.59 Å². The fraction of sp³-hybridized carbons (Fsp3) is 0.800. The summed E-state index contributed by atoms with van der Waals surface area (Å²) < 4.78 is 0. The summed E-state index contributed by atoms with van der Waals surface area (Å²) in [4.78, 5) is 24.1. The minimum atomic E-state index is -0.772. The van der Waals surface area contributed by atoms with E-state index in [0.29, 0.717) is 32.4 Å². The zero-order valence-electron chi connectivity index (χ0n) is 8.75. The average molecular weight is 199 g/mol. The van der Waals surface area contributed by atoms with Crippen molar-refractivity contribution in [3.63, 3.8) is 0 Å². The molecule has 1 aliphatic rings. The lowest BCUT2D eigenvalue weighted by atomic mass is 9.84. The van der Waals surface area contributed by atoms with Crippen molar-refractivity contribution >= 4 is 11.9 Å². The maximum Gasteiger partial charge on any atom is 0.311 e. The topological polar surface area (TPSA) is 57.6 Å². The Morgan fingerprint density at radius 3 is 2.43 bits per heavy atom. The molecular formula is C10H17NO3. The van der Waals surface area contributed by atoms with Gasteiger partial charge in [0, 0.05) is 19.5 Å². The summed E-state index contributed by atoms with van der Waals surface area (Å²) in [6, 6.07) is 0.